The van der Waals surface area contributed by atoms with Gasteiger partial charge in [-0.05, 0) is 43.9 Å². The number of carbonyl (C=O) groups is 2. The van der Waals surface area contributed by atoms with E-state index < -0.39 is 11.3 Å². The molecule has 0 heterocycles. The van der Waals surface area contributed by atoms with Crippen molar-refractivity contribution in [3.8, 4) is 5.75 Å². The number of ether oxygens (including phenoxy) is 2. The largest absolute Gasteiger partial charge is 0.493 e. The third-order valence-electron chi connectivity index (χ3n) is 4.41. The van der Waals surface area contributed by atoms with E-state index in [4.69, 9.17) is 16.3 Å². The van der Waals surface area contributed by atoms with Crippen LogP contribution in [-0.2, 0) is 20.7 Å². The summed E-state index contributed by atoms with van der Waals surface area (Å²) in [6, 6.07) is 7.43. The predicted octanol–water partition coefficient (Wildman–Crippen LogP) is 3.54. The van der Waals surface area contributed by atoms with E-state index in [0.717, 1.165) is 30.6 Å². The molecule has 126 valence electrons. The number of hydrogen-bond donors (Lipinski definition) is 0. The van der Waals surface area contributed by atoms with Gasteiger partial charge >= 0.3 is 5.97 Å². The molecule has 1 fully saturated rings. The van der Waals surface area contributed by atoms with Crippen molar-refractivity contribution in [1.82, 2.24) is 0 Å². The van der Waals surface area contributed by atoms with Crippen LogP contribution in [0.4, 0.5) is 0 Å². The summed E-state index contributed by atoms with van der Waals surface area (Å²) in [4.78, 5) is 23.4. The van der Waals surface area contributed by atoms with Crippen LogP contribution in [0.1, 0.15) is 38.2 Å². The first-order valence-corrected chi connectivity index (χ1v) is 8.35. The Morgan fingerprint density at radius 2 is 2.00 bits per heavy atom. The van der Waals surface area contributed by atoms with Crippen LogP contribution in [0.2, 0.25) is 0 Å². The number of ketones is 1. The molecule has 0 N–H and O–H groups in total. The molecule has 1 aliphatic carbocycles. The molecule has 23 heavy (non-hydrogen) atoms. The van der Waals surface area contributed by atoms with Crippen molar-refractivity contribution in [3.63, 3.8) is 0 Å². The van der Waals surface area contributed by atoms with Crippen molar-refractivity contribution in [3.05, 3.63) is 29.8 Å². The Labute approximate surface area is 142 Å². The number of carbonyl (C=O) groups excluding carboxylic acids is 2. The van der Waals surface area contributed by atoms with Crippen molar-refractivity contribution in [1.29, 1.82) is 0 Å². The topological polar surface area (TPSA) is 52.6 Å². The Kier molecular flexibility index (Phi) is 6.05. The lowest BCUT2D eigenvalue weighted by molar-refractivity contribution is -0.140. The van der Waals surface area contributed by atoms with Gasteiger partial charge in [0.15, 0.2) is 0 Å². The molecule has 1 aromatic rings. The Bertz CT molecular complexity index is 555. The summed E-state index contributed by atoms with van der Waals surface area (Å²) in [5.74, 6) is 0.580. The van der Waals surface area contributed by atoms with E-state index in [1.165, 1.54) is 7.11 Å². The number of Topliss-reactive ketones (excluding diaryl/α,β-unsaturated/α-hetero) is 1. The van der Waals surface area contributed by atoms with Gasteiger partial charge in [0.25, 0.3) is 0 Å². The average Bonchev–Trinajstić information content (AvgIpc) is 2.56. The van der Waals surface area contributed by atoms with E-state index in [-0.39, 0.29) is 5.41 Å². The molecule has 2 atom stereocenters. The summed E-state index contributed by atoms with van der Waals surface area (Å²) in [6.07, 6.45) is 4.02. The van der Waals surface area contributed by atoms with Gasteiger partial charge < -0.3 is 9.47 Å². The summed E-state index contributed by atoms with van der Waals surface area (Å²) in [6.45, 7) is 2.39. The van der Waals surface area contributed by atoms with E-state index in [9.17, 15) is 9.59 Å². The fourth-order valence-corrected chi connectivity index (χ4v) is 3.04. The second-order valence-corrected chi connectivity index (χ2v) is 6.85. The van der Waals surface area contributed by atoms with Crippen molar-refractivity contribution < 1.29 is 19.1 Å². The van der Waals surface area contributed by atoms with E-state index in [2.05, 4.69) is 4.74 Å². The first-order valence-electron chi connectivity index (χ1n) is 7.91. The van der Waals surface area contributed by atoms with Crippen LogP contribution in [-0.4, -0.2) is 30.8 Å². The average molecular weight is 339 g/mol. The zero-order valence-corrected chi connectivity index (χ0v) is 14.4. The predicted molar refractivity (Wildman–Crippen MR) is 88.9 cm³/mol. The Hall–Kier alpha value is -1.55. The highest BCUT2D eigenvalue weighted by atomic mass is 35.5. The maximum absolute atomic E-state index is 12.1. The third-order valence-corrected chi connectivity index (χ3v) is 4.74. The molecule has 0 bridgehead atoms. The second-order valence-electron chi connectivity index (χ2n) is 6.32. The quantitative estimate of drug-likeness (QED) is 0.588. The fourth-order valence-electron chi connectivity index (χ4n) is 2.78. The molecule has 0 aliphatic heterocycles. The Morgan fingerprint density at radius 1 is 1.30 bits per heavy atom. The highest BCUT2D eigenvalue weighted by molar-refractivity contribution is 6.30. The number of methoxy groups -OCH3 is 1. The van der Waals surface area contributed by atoms with Crippen LogP contribution < -0.4 is 4.74 Å². The normalized spacial score (nSPS) is 22.5. The molecule has 0 aromatic heterocycles. The zero-order chi connectivity index (χ0) is 16.9. The minimum absolute atomic E-state index is 0.295. The maximum Gasteiger partial charge on any atom is 0.324 e. The molecular weight excluding hydrogens is 316 g/mol. The van der Waals surface area contributed by atoms with Gasteiger partial charge in [-0.25, -0.2) is 0 Å². The molecule has 0 saturated heterocycles. The van der Waals surface area contributed by atoms with E-state index in [1.54, 1.807) is 0 Å². The monoisotopic (exact) mass is 338 g/mol. The van der Waals surface area contributed by atoms with Crippen LogP contribution in [0, 0.1) is 5.41 Å². The summed E-state index contributed by atoms with van der Waals surface area (Å²) in [7, 11) is 1.32. The van der Waals surface area contributed by atoms with Gasteiger partial charge in [0.1, 0.15) is 23.5 Å². The molecule has 0 spiro atoms. The Balaban J connectivity index is 1.90. The van der Waals surface area contributed by atoms with Crippen LogP contribution in [0.15, 0.2) is 24.3 Å². The minimum Gasteiger partial charge on any atom is -0.493 e. The highest BCUT2D eigenvalue weighted by Gasteiger charge is 2.35. The summed E-state index contributed by atoms with van der Waals surface area (Å²) in [5.41, 5.74) is 0.561. The van der Waals surface area contributed by atoms with Gasteiger partial charge in [-0.15, -0.1) is 11.6 Å². The first kappa shape index (κ1) is 17.8. The second kappa shape index (κ2) is 7.82. The number of alkyl halides is 1. The van der Waals surface area contributed by atoms with Crippen LogP contribution in [0.5, 0.6) is 5.75 Å². The summed E-state index contributed by atoms with van der Waals surface area (Å²) < 4.78 is 10.4. The smallest absolute Gasteiger partial charge is 0.324 e. The van der Waals surface area contributed by atoms with Gasteiger partial charge in [0.2, 0.25) is 0 Å². The molecule has 1 aromatic carbocycles. The standard InChI is InChI=1S/C18H23ClO4/c1-18(10-4-3-5-16(18)20)12-23-14-8-6-13(7-9-14)11-15(19)17(21)22-2/h6-9,15H,3-5,10-12H2,1-2H3. The molecule has 2 rings (SSSR count). The van der Waals surface area contributed by atoms with Gasteiger partial charge in [-0.1, -0.05) is 18.6 Å². The van der Waals surface area contributed by atoms with Crippen LogP contribution >= 0.6 is 11.6 Å². The number of rotatable bonds is 6. The molecule has 4 nitrogen and oxygen atoms in total. The lowest BCUT2D eigenvalue weighted by atomic mass is 9.75. The maximum atomic E-state index is 12.1. The highest BCUT2D eigenvalue weighted by Crippen LogP contribution is 2.33. The van der Waals surface area contributed by atoms with Gasteiger partial charge in [0, 0.05) is 6.42 Å². The van der Waals surface area contributed by atoms with E-state index in [0.29, 0.717) is 25.2 Å². The van der Waals surface area contributed by atoms with Gasteiger partial charge in [0.05, 0.1) is 12.5 Å². The van der Waals surface area contributed by atoms with Gasteiger partial charge in [-0.3, -0.25) is 9.59 Å². The SMILES string of the molecule is COC(=O)C(Cl)Cc1ccc(OCC2(C)CCCCC2=O)cc1. The molecule has 1 aliphatic rings. The number of esters is 1. The molecular formula is C18H23ClO4. The molecule has 0 amide bonds. The molecule has 5 heteroatoms. The summed E-state index contributed by atoms with van der Waals surface area (Å²) >= 11 is 5.96. The fraction of sp³-hybridized carbons (Fsp3) is 0.556. The van der Waals surface area contributed by atoms with Crippen molar-refractivity contribution in [2.24, 2.45) is 5.41 Å². The lowest BCUT2D eigenvalue weighted by Crippen LogP contribution is -2.36. The zero-order valence-electron chi connectivity index (χ0n) is 13.6. The Morgan fingerprint density at radius 3 is 2.61 bits per heavy atom. The molecule has 0 radical (unpaired) electrons. The van der Waals surface area contributed by atoms with Crippen LogP contribution in [0.25, 0.3) is 0 Å². The van der Waals surface area contributed by atoms with E-state index in [1.807, 2.05) is 31.2 Å². The van der Waals surface area contributed by atoms with Crippen LogP contribution in [0.3, 0.4) is 0 Å². The van der Waals surface area contributed by atoms with Crippen molar-refractivity contribution in [2.75, 3.05) is 13.7 Å². The van der Waals surface area contributed by atoms with E-state index >= 15 is 0 Å². The lowest BCUT2D eigenvalue weighted by Gasteiger charge is -2.31. The molecule has 1 saturated carbocycles. The summed E-state index contributed by atoms with van der Waals surface area (Å²) in [5, 5.41) is -0.689. The number of halogens is 1. The number of hydrogen-bond acceptors (Lipinski definition) is 4. The third kappa shape index (κ3) is 4.71. The van der Waals surface area contributed by atoms with Crippen molar-refractivity contribution in [2.45, 2.75) is 44.4 Å². The minimum atomic E-state index is -0.689. The van der Waals surface area contributed by atoms with Crippen molar-refractivity contribution >= 4 is 23.4 Å². The first-order chi connectivity index (χ1) is 10.9. The molecule has 2 unspecified atom stereocenters. The van der Waals surface area contributed by atoms with Gasteiger partial charge in [-0.2, -0.15) is 0 Å². The number of benzene rings is 1.